The van der Waals surface area contributed by atoms with Gasteiger partial charge in [-0.15, -0.1) is 0 Å². The molecule has 2 rings (SSSR count). The molecule has 0 radical (unpaired) electrons. The Morgan fingerprint density at radius 1 is 1.00 bits per heavy atom. The van der Waals surface area contributed by atoms with E-state index in [2.05, 4.69) is 10.2 Å². The first kappa shape index (κ1) is 10.8. The van der Waals surface area contributed by atoms with Crippen molar-refractivity contribution < 1.29 is 8.42 Å². The van der Waals surface area contributed by atoms with Gasteiger partial charge < -0.3 is 0 Å². The van der Waals surface area contributed by atoms with Gasteiger partial charge in [0.1, 0.15) is 0 Å². The van der Waals surface area contributed by atoms with Crippen LogP contribution in [0.3, 0.4) is 0 Å². The van der Waals surface area contributed by atoms with Crippen molar-refractivity contribution in [2.45, 2.75) is 0 Å². The second kappa shape index (κ2) is 4.85. The maximum Gasteiger partial charge on any atom is 0.162 e. The molecule has 2 aromatic carbocycles. The van der Waals surface area contributed by atoms with Crippen LogP contribution in [0.2, 0.25) is 0 Å². The molecule has 82 valence electrons. The van der Waals surface area contributed by atoms with E-state index in [1.165, 1.54) is 0 Å². The maximum atomic E-state index is 10.3. The van der Waals surface area contributed by atoms with Crippen LogP contribution in [0, 0.1) is 0 Å². The average Bonchev–Trinajstić information content (AvgIpc) is 2.28. The molecule has 0 atom stereocenters. The molecule has 0 spiro atoms. The molecule has 0 aromatic heterocycles. The minimum Gasteiger partial charge on any atom is -0.230 e. The van der Waals surface area contributed by atoms with Gasteiger partial charge in [0.25, 0.3) is 0 Å². The van der Waals surface area contributed by atoms with E-state index in [9.17, 15) is 8.42 Å². The highest BCUT2D eigenvalue weighted by molar-refractivity contribution is 7.72. The van der Waals surface area contributed by atoms with Gasteiger partial charge in [0.15, 0.2) is 16.6 Å². The molecule has 0 aliphatic heterocycles. The monoisotopic (exact) mass is 234 g/mol. The van der Waals surface area contributed by atoms with Gasteiger partial charge in [0, 0.05) is 0 Å². The molecule has 0 bridgehead atoms. The number of benzene rings is 2. The Bertz CT molecular complexity index is 598. The van der Waals surface area contributed by atoms with Gasteiger partial charge >= 0.3 is 0 Å². The fourth-order valence-corrected chi connectivity index (χ4v) is 1.57. The quantitative estimate of drug-likeness (QED) is 0.655. The third-order valence-electron chi connectivity index (χ3n) is 2.10. The van der Waals surface area contributed by atoms with E-state index in [0.29, 0.717) is 5.69 Å². The summed E-state index contributed by atoms with van der Waals surface area (Å²) in [5.41, 5.74) is 0.663. The second-order valence-corrected chi connectivity index (χ2v) is 4.20. The second-order valence-electron chi connectivity index (χ2n) is 3.25. The van der Waals surface area contributed by atoms with Gasteiger partial charge in [-0.2, -0.15) is 10.2 Å². The summed E-state index contributed by atoms with van der Waals surface area (Å²) in [7, 11) is -2.49. The van der Waals surface area contributed by atoms with Crippen LogP contribution in [0.15, 0.2) is 52.7 Å². The van der Waals surface area contributed by atoms with E-state index < -0.39 is 10.7 Å². The lowest BCUT2D eigenvalue weighted by atomic mass is 10.1. The van der Waals surface area contributed by atoms with Crippen LogP contribution in [-0.2, 0) is 10.7 Å². The van der Waals surface area contributed by atoms with Gasteiger partial charge in [0.2, 0.25) is 0 Å². The molecule has 16 heavy (non-hydrogen) atoms. The molecule has 0 amide bonds. The van der Waals surface area contributed by atoms with Crippen molar-refractivity contribution in [3.63, 3.8) is 0 Å². The SMILES string of the molecule is O=[SH](=O)CN=Nc1ccc2ccccc2c1. The van der Waals surface area contributed by atoms with Crippen molar-refractivity contribution in [1.29, 1.82) is 0 Å². The molecule has 4 nitrogen and oxygen atoms in total. The van der Waals surface area contributed by atoms with Crippen molar-refractivity contribution in [3.8, 4) is 0 Å². The lowest BCUT2D eigenvalue weighted by molar-refractivity contribution is 0.614. The molecule has 0 aliphatic rings. The van der Waals surface area contributed by atoms with E-state index in [1.807, 2.05) is 42.5 Å². The third kappa shape index (κ3) is 2.64. The first-order valence-corrected chi connectivity index (χ1v) is 6.10. The molecule has 5 heteroatoms. The molecule has 0 saturated heterocycles. The Kier molecular flexibility index (Phi) is 3.26. The zero-order valence-electron chi connectivity index (χ0n) is 8.41. The smallest absolute Gasteiger partial charge is 0.162 e. The molecule has 0 unspecified atom stereocenters. The van der Waals surface area contributed by atoms with E-state index in [-0.39, 0.29) is 5.88 Å². The molecule has 2 aromatic rings. The van der Waals surface area contributed by atoms with E-state index >= 15 is 0 Å². The Hall–Kier alpha value is -1.75. The van der Waals surface area contributed by atoms with Gasteiger partial charge in [-0.25, -0.2) is 8.42 Å². The average molecular weight is 234 g/mol. The number of rotatable bonds is 3. The molecular weight excluding hydrogens is 224 g/mol. The Labute approximate surface area is 94.6 Å². The van der Waals surface area contributed by atoms with Gasteiger partial charge in [-0.05, 0) is 22.9 Å². The Morgan fingerprint density at radius 3 is 2.50 bits per heavy atom. The van der Waals surface area contributed by atoms with Crippen molar-refractivity contribution in [1.82, 2.24) is 0 Å². The van der Waals surface area contributed by atoms with Gasteiger partial charge in [-0.3, -0.25) is 0 Å². The number of hydrogen-bond acceptors (Lipinski definition) is 4. The zero-order valence-corrected chi connectivity index (χ0v) is 9.30. The van der Waals surface area contributed by atoms with Gasteiger partial charge in [0.05, 0.1) is 5.69 Å². The number of hydrogen-bond donors (Lipinski definition) is 1. The lowest BCUT2D eigenvalue weighted by Gasteiger charge is -1.97. The zero-order chi connectivity index (χ0) is 11.4. The third-order valence-corrected chi connectivity index (χ3v) is 2.46. The van der Waals surface area contributed by atoms with Crippen LogP contribution in [0.25, 0.3) is 10.8 Å². The van der Waals surface area contributed by atoms with Crippen LogP contribution in [0.1, 0.15) is 0 Å². The molecule has 0 N–H and O–H groups in total. The maximum absolute atomic E-state index is 10.3. The van der Waals surface area contributed by atoms with Crippen LogP contribution in [0.5, 0.6) is 0 Å². The number of azo groups is 1. The van der Waals surface area contributed by atoms with Crippen molar-refractivity contribution >= 4 is 27.2 Å². The van der Waals surface area contributed by atoms with Crippen LogP contribution < -0.4 is 0 Å². The summed E-state index contributed by atoms with van der Waals surface area (Å²) < 4.78 is 20.6. The van der Waals surface area contributed by atoms with E-state index in [0.717, 1.165) is 10.8 Å². The standard InChI is InChI=1S/C11H10N2O2S/c14-16(15)8-12-13-11-6-5-9-3-1-2-4-10(9)7-11/h1-7,16H,8H2. The minimum absolute atomic E-state index is 0.262. The summed E-state index contributed by atoms with van der Waals surface area (Å²) in [5, 5.41) is 9.60. The highest BCUT2D eigenvalue weighted by Gasteiger charge is 1.94. The lowest BCUT2D eigenvalue weighted by Crippen LogP contribution is -1.78. The molecule has 0 fully saturated rings. The fraction of sp³-hybridized carbons (Fsp3) is 0.0909. The number of fused-ring (bicyclic) bond motifs is 1. The van der Waals surface area contributed by atoms with E-state index in [1.54, 1.807) is 0 Å². The first-order chi connectivity index (χ1) is 7.75. The summed E-state index contributed by atoms with van der Waals surface area (Å²) in [6, 6.07) is 13.5. The highest BCUT2D eigenvalue weighted by atomic mass is 32.2. The van der Waals surface area contributed by atoms with Crippen molar-refractivity contribution in [2.24, 2.45) is 10.2 Å². The Morgan fingerprint density at radius 2 is 1.75 bits per heavy atom. The Balaban J connectivity index is 2.29. The fourth-order valence-electron chi connectivity index (χ4n) is 1.40. The topological polar surface area (TPSA) is 58.9 Å². The van der Waals surface area contributed by atoms with Crippen molar-refractivity contribution in [3.05, 3.63) is 42.5 Å². The van der Waals surface area contributed by atoms with E-state index in [4.69, 9.17) is 0 Å². The van der Waals surface area contributed by atoms with Crippen LogP contribution in [-0.4, -0.2) is 14.3 Å². The molecule has 0 saturated carbocycles. The van der Waals surface area contributed by atoms with Crippen LogP contribution >= 0.6 is 0 Å². The largest absolute Gasteiger partial charge is 0.230 e. The molecule has 0 heterocycles. The first-order valence-electron chi connectivity index (χ1n) is 4.74. The summed E-state index contributed by atoms with van der Waals surface area (Å²) in [6.45, 7) is 0. The highest BCUT2D eigenvalue weighted by Crippen LogP contribution is 2.20. The van der Waals surface area contributed by atoms with Crippen LogP contribution in [0.4, 0.5) is 5.69 Å². The summed E-state index contributed by atoms with van der Waals surface area (Å²) in [5.74, 6) is -0.262. The normalized spacial score (nSPS) is 11.6. The van der Waals surface area contributed by atoms with Crippen molar-refractivity contribution in [2.75, 3.05) is 5.88 Å². The molecule has 0 aliphatic carbocycles. The predicted octanol–water partition coefficient (Wildman–Crippen LogP) is 2.49. The summed E-state index contributed by atoms with van der Waals surface area (Å²) >= 11 is 0. The number of thiol groups is 1. The minimum atomic E-state index is -2.49. The van der Waals surface area contributed by atoms with Gasteiger partial charge in [-0.1, -0.05) is 30.3 Å². The number of nitrogens with zero attached hydrogens (tertiary/aromatic N) is 2. The molecular formula is C11H10N2O2S. The summed E-state index contributed by atoms with van der Waals surface area (Å²) in [4.78, 5) is 0. The predicted molar refractivity (Wildman–Crippen MR) is 63.6 cm³/mol. The summed E-state index contributed by atoms with van der Waals surface area (Å²) in [6.07, 6.45) is 0.